The summed E-state index contributed by atoms with van der Waals surface area (Å²) >= 11 is 0. The maximum Gasteiger partial charge on any atom is 0.304 e. The number of carbonyl (C=O) groups excluding carboxylic acids is 1. The Bertz CT molecular complexity index is 1210. The number of carbonyl (C=O) groups is 1. The van der Waals surface area contributed by atoms with Crippen LogP contribution in [0.4, 0.5) is 5.82 Å². The van der Waals surface area contributed by atoms with Gasteiger partial charge >= 0.3 is 10.2 Å². The van der Waals surface area contributed by atoms with Gasteiger partial charge in [-0.3, -0.25) is 4.79 Å². The zero-order valence-electron chi connectivity index (χ0n) is 20.6. The molecule has 2 aromatic rings. The largest absolute Gasteiger partial charge is 0.351 e. The summed E-state index contributed by atoms with van der Waals surface area (Å²) in [6, 6.07) is 9.35. The molecule has 4 rings (SSSR count). The van der Waals surface area contributed by atoms with E-state index in [0.29, 0.717) is 24.7 Å². The predicted octanol–water partition coefficient (Wildman–Crippen LogP) is 3.00. The number of hydrogen-bond acceptors (Lipinski definition) is 6. The van der Waals surface area contributed by atoms with Crippen molar-refractivity contribution >= 4 is 21.9 Å². The van der Waals surface area contributed by atoms with Crippen LogP contribution in [0.1, 0.15) is 55.1 Å². The Balaban J connectivity index is 1.76. The first kappa shape index (κ1) is 24.6. The van der Waals surface area contributed by atoms with Crippen molar-refractivity contribution in [3.63, 3.8) is 0 Å². The van der Waals surface area contributed by atoms with Crippen molar-refractivity contribution in [2.75, 3.05) is 24.5 Å². The number of hydrogen-bond donors (Lipinski definition) is 2. The summed E-state index contributed by atoms with van der Waals surface area (Å²) in [5.41, 5.74) is 9.94. The molecule has 0 saturated carbocycles. The Hall–Kier alpha value is -2.49. The second kappa shape index (κ2) is 8.94. The van der Waals surface area contributed by atoms with Gasteiger partial charge in [0, 0.05) is 36.8 Å². The number of benzene rings is 1. The molecule has 8 nitrogen and oxygen atoms in total. The van der Waals surface area contributed by atoms with Gasteiger partial charge in [-0.25, -0.2) is 9.71 Å². The second-order valence-corrected chi connectivity index (χ2v) is 11.8. The number of nitrogens with two attached hydrogens (primary N) is 1. The number of pyridine rings is 1. The Morgan fingerprint density at radius 3 is 2.50 bits per heavy atom. The van der Waals surface area contributed by atoms with E-state index in [2.05, 4.69) is 50.3 Å². The molecular weight excluding hydrogens is 450 g/mol. The van der Waals surface area contributed by atoms with Gasteiger partial charge in [0.25, 0.3) is 5.91 Å². The third kappa shape index (κ3) is 4.44. The molecule has 1 amide bonds. The highest BCUT2D eigenvalue weighted by atomic mass is 32.2. The van der Waals surface area contributed by atoms with Crippen LogP contribution in [0.15, 0.2) is 30.3 Å². The SMILES string of the molecule is Cc1cccc(-c2ccc(C(=O)NS(=O)(=O)N3CC[C@H](N)C3)c(N3CCC(C)C3(C)C)n2)c1C. The molecule has 1 aromatic heterocycles. The minimum atomic E-state index is -3.99. The summed E-state index contributed by atoms with van der Waals surface area (Å²) in [5.74, 6) is 0.230. The zero-order chi connectivity index (χ0) is 24.8. The highest BCUT2D eigenvalue weighted by molar-refractivity contribution is 7.87. The highest BCUT2D eigenvalue weighted by Crippen LogP contribution is 2.39. The second-order valence-electron chi connectivity index (χ2n) is 10.2. The standard InChI is InChI=1S/C25H35N5O3S/c1-16-7-6-8-20(18(16)3)22-10-9-21(23(27-22)30-14-11-17(2)25(30,4)5)24(31)28-34(32,33)29-13-12-19(26)15-29/h6-10,17,19H,11-15,26H2,1-5H3,(H,28,31)/t17?,19-/m0/s1. The fourth-order valence-corrected chi connectivity index (χ4v) is 6.03. The van der Waals surface area contributed by atoms with Gasteiger partial charge in [0.15, 0.2) is 0 Å². The molecule has 1 aromatic carbocycles. The number of rotatable bonds is 5. The number of aromatic nitrogens is 1. The first-order valence-electron chi connectivity index (χ1n) is 11.8. The van der Waals surface area contributed by atoms with E-state index in [1.165, 1.54) is 4.31 Å². The molecule has 0 aliphatic carbocycles. The molecule has 2 fully saturated rings. The van der Waals surface area contributed by atoms with Gasteiger partial charge in [0.1, 0.15) is 5.82 Å². The van der Waals surface area contributed by atoms with Crippen LogP contribution in [0.5, 0.6) is 0 Å². The first-order valence-corrected chi connectivity index (χ1v) is 13.3. The monoisotopic (exact) mass is 485 g/mol. The Morgan fingerprint density at radius 2 is 1.88 bits per heavy atom. The van der Waals surface area contributed by atoms with Crippen LogP contribution in [0, 0.1) is 19.8 Å². The lowest BCUT2D eigenvalue weighted by molar-refractivity contribution is 0.0979. The van der Waals surface area contributed by atoms with Crippen LogP contribution >= 0.6 is 0 Å². The molecule has 0 bridgehead atoms. The minimum Gasteiger partial charge on any atom is -0.351 e. The van der Waals surface area contributed by atoms with E-state index in [-0.39, 0.29) is 23.7 Å². The molecular formula is C25H35N5O3S. The minimum absolute atomic E-state index is 0.204. The summed E-state index contributed by atoms with van der Waals surface area (Å²) < 4.78 is 29.2. The highest BCUT2D eigenvalue weighted by Gasteiger charge is 2.41. The van der Waals surface area contributed by atoms with Crippen LogP contribution in [0.3, 0.4) is 0 Å². The number of nitrogens with zero attached hydrogens (tertiary/aromatic N) is 3. The number of anilines is 1. The van der Waals surface area contributed by atoms with E-state index < -0.39 is 16.1 Å². The first-order chi connectivity index (χ1) is 15.9. The molecule has 3 heterocycles. The molecule has 2 atom stereocenters. The molecule has 0 spiro atoms. The average Bonchev–Trinajstić information content (AvgIpc) is 3.32. The zero-order valence-corrected chi connectivity index (χ0v) is 21.4. The number of aryl methyl sites for hydroxylation is 1. The molecule has 9 heteroatoms. The van der Waals surface area contributed by atoms with Gasteiger partial charge in [-0.05, 0) is 69.7 Å². The van der Waals surface area contributed by atoms with E-state index in [4.69, 9.17) is 10.7 Å². The Morgan fingerprint density at radius 1 is 1.15 bits per heavy atom. The maximum absolute atomic E-state index is 13.3. The molecule has 2 aliphatic heterocycles. The van der Waals surface area contributed by atoms with Gasteiger partial charge in [-0.1, -0.05) is 25.1 Å². The quantitative estimate of drug-likeness (QED) is 0.674. The smallest absolute Gasteiger partial charge is 0.304 e. The molecule has 2 aliphatic rings. The van der Waals surface area contributed by atoms with Crippen molar-refractivity contribution in [3.8, 4) is 11.3 Å². The van der Waals surface area contributed by atoms with E-state index in [9.17, 15) is 13.2 Å². The van der Waals surface area contributed by atoms with Crippen molar-refractivity contribution in [1.29, 1.82) is 0 Å². The van der Waals surface area contributed by atoms with Crippen LogP contribution < -0.4 is 15.4 Å². The summed E-state index contributed by atoms with van der Waals surface area (Å²) in [7, 11) is -3.99. The predicted molar refractivity (Wildman–Crippen MR) is 135 cm³/mol. The van der Waals surface area contributed by atoms with Crippen LogP contribution in [-0.4, -0.2) is 54.8 Å². The number of nitrogens with one attached hydrogen (secondary N) is 1. The summed E-state index contributed by atoms with van der Waals surface area (Å²) in [4.78, 5) is 20.4. The molecule has 34 heavy (non-hydrogen) atoms. The lowest BCUT2D eigenvalue weighted by atomic mass is 9.90. The molecule has 0 radical (unpaired) electrons. The molecule has 1 unspecified atom stereocenters. The van der Waals surface area contributed by atoms with Gasteiger partial charge in [-0.15, -0.1) is 0 Å². The summed E-state index contributed by atoms with van der Waals surface area (Å²) in [5, 5.41) is 0. The van der Waals surface area contributed by atoms with Crippen molar-refractivity contribution in [3.05, 3.63) is 47.0 Å². The fourth-order valence-electron chi connectivity index (χ4n) is 4.83. The van der Waals surface area contributed by atoms with Gasteiger partial charge in [0.05, 0.1) is 11.3 Å². The van der Waals surface area contributed by atoms with Gasteiger partial charge in [-0.2, -0.15) is 12.7 Å². The lowest BCUT2D eigenvalue weighted by Gasteiger charge is -2.36. The van der Waals surface area contributed by atoms with Crippen LogP contribution in [0.25, 0.3) is 11.3 Å². The van der Waals surface area contributed by atoms with Crippen molar-refractivity contribution in [2.24, 2.45) is 11.7 Å². The van der Waals surface area contributed by atoms with Gasteiger partial charge in [0.2, 0.25) is 0 Å². The average molecular weight is 486 g/mol. The van der Waals surface area contributed by atoms with Gasteiger partial charge < -0.3 is 10.6 Å². The fraction of sp³-hybridized carbons (Fsp3) is 0.520. The normalized spacial score (nSPS) is 22.8. The molecule has 184 valence electrons. The van der Waals surface area contributed by atoms with E-state index in [0.717, 1.165) is 35.3 Å². The van der Waals surface area contributed by atoms with E-state index >= 15 is 0 Å². The van der Waals surface area contributed by atoms with Crippen LogP contribution in [-0.2, 0) is 10.2 Å². The van der Waals surface area contributed by atoms with E-state index in [1.54, 1.807) is 12.1 Å². The van der Waals surface area contributed by atoms with Crippen molar-refractivity contribution in [2.45, 2.75) is 59.0 Å². The molecule has 2 saturated heterocycles. The number of amides is 1. The maximum atomic E-state index is 13.3. The summed E-state index contributed by atoms with van der Waals surface area (Å²) in [6.07, 6.45) is 1.54. The third-order valence-electron chi connectivity index (χ3n) is 7.69. The van der Waals surface area contributed by atoms with Crippen molar-refractivity contribution < 1.29 is 13.2 Å². The Labute approximate surface area is 202 Å². The van der Waals surface area contributed by atoms with E-state index in [1.807, 2.05) is 12.1 Å². The Kier molecular flexibility index (Phi) is 6.48. The van der Waals surface area contributed by atoms with Crippen molar-refractivity contribution in [1.82, 2.24) is 14.0 Å². The molecule has 3 N–H and O–H groups in total. The lowest BCUT2D eigenvalue weighted by Crippen LogP contribution is -2.45. The topological polar surface area (TPSA) is 109 Å². The third-order valence-corrected chi connectivity index (χ3v) is 9.15. The summed E-state index contributed by atoms with van der Waals surface area (Å²) in [6.45, 7) is 11.8. The van der Waals surface area contributed by atoms with Crippen LogP contribution in [0.2, 0.25) is 0 Å².